The van der Waals surface area contributed by atoms with E-state index in [0.717, 1.165) is 50.9 Å². The number of ether oxygens (including phenoxy) is 1. The van der Waals surface area contributed by atoms with Crippen molar-refractivity contribution in [2.45, 2.75) is 41.5 Å². The fourth-order valence-corrected chi connectivity index (χ4v) is 5.27. The zero-order valence-electron chi connectivity index (χ0n) is 17.4. The molecule has 156 valence electrons. The summed E-state index contributed by atoms with van der Waals surface area (Å²) in [6.45, 7) is 0. The predicted molar refractivity (Wildman–Crippen MR) is 125 cm³/mol. The standard InChI is InChI=1S/C26H24N2O2S/c1-30-22-12-6-4-10-19(22)25-20-11-5-7-13-23(20)31-24-15-14-17(16-21(24)28-25)26(29)27-18-8-2-3-9-18/h4-7,10-16,18H,2-3,8-9H2,1H3,(H,27,29). The van der Waals surface area contributed by atoms with Crippen LogP contribution in [0.15, 0.2) is 81.5 Å². The largest absolute Gasteiger partial charge is 0.496 e. The first-order valence-corrected chi connectivity index (χ1v) is 11.5. The Morgan fingerprint density at radius 1 is 0.968 bits per heavy atom. The van der Waals surface area contributed by atoms with Crippen LogP contribution in [0.1, 0.15) is 47.2 Å². The van der Waals surface area contributed by atoms with Gasteiger partial charge in [-0.2, -0.15) is 0 Å². The lowest BCUT2D eigenvalue weighted by Gasteiger charge is -2.13. The smallest absolute Gasteiger partial charge is 0.251 e. The van der Waals surface area contributed by atoms with Crippen LogP contribution in [-0.2, 0) is 0 Å². The summed E-state index contributed by atoms with van der Waals surface area (Å²) in [4.78, 5) is 20.1. The molecule has 1 aliphatic carbocycles. The maximum absolute atomic E-state index is 12.9. The van der Waals surface area contributed by atoms with Crippen molar-refractivity contribution in [2.24, 2.45) is 4.99 Å². The van der Waals surface area contributed by atoms with Gasteiger partial charge in [-0.05, 0) is 49.2 Å². The minimum absolute atomic E-state index is 0.0181. The molecule has 5 rings (SSSR count). The summed E-state index contributed by atoms with van der Waals surface area (Å²) < 4.78 is 5.63. The predicted octanol–water partition coefficient (Wildman–Crippen LogP) is 6.00. The van der Waals surface area contributed by atoms with Gasteiger partial charge in [0.25, 0.3) is 5.91 Å². The first-order valence-electron chi connectivity index (χ1n) is 10.7. The molecule has 0 spiro atoms. The summed E-state index contributed by atoms with van der Waals surface area (Å²) in [6, 6.07) is 22.3. The van der Waals surface area contributed by atoms with E-state index < -0.39 is 0 Å². The number of amides is 1. The highest BCUT2D eigenvalue weighted by atomic mass is 32.2. The summed E-state index contributed by atoms with van der Waals surface area (Å²) in [5.74, 6) is 0.759. The Hall–Kier alpha value is -3.05. The van der Waals surface area contributed by atoms with Gasteiger partial charge in [0.2, 0.25) is 0 Å². The van der Waals surface area contributed by atoms with E-state index in [4.69, 9.17) is 9.73 Å². The second-order valence-corrected chi connectivity index (χ2v) is 8.98. The Balaban J connectivity index is 1.60. The van der Waals surface area contributed by atoms with Crippen molar-refractivity contribution >= 4 is 29.1 Å². The number of methoxy groups -OCH3 is 1. The van der Waals surface area contributed by atoms with E-state index in [2.05, 4.69) is 17.4 Å². The number of aliphatic imine (C=N–C) groups is 1. The van der Waals surface area contributed by atoms with Crippen LogP contribution >= 0.6 is 11.8 Å². The lowest BCUT2D eigenvalue weighted by molar-refractivity contribution is 0.0938. The number of benzene rings is 3. The summed E-state index contributed by atoms with van der Waals surface area (Å²) in [7, 11) is 1.68. The molecule has 1 N–H and O–H groups in total. The van der Waals surface area contributed by atoms with Crippen molar-refractivity contribution in [3.05, 3.63) is 83.4 Å². The Morgan fingerprint density at radius 2 is 1.71 bits per heavy atom. The van der Waals surface area contributed by atoms with Crippen molar-refractivity contribution in [3.8, 4) is 5.75 Å². The highest BCUT2D eigenvalue weighted by Crippen LogP contribution is 2.42. The molecule has 1 aliphatic heterocycles. The van der Waals surface area contributed by atoms with E-state index in [0.29, 0.717) is 5.56 Å². The minimum Gasteiger partial charge on any atom is -0.496 e. The van der Waals surface area contributed by atoms with Gasteiger partial charge in [0, 0.05) is 32.5 Å². The first kappa shape index (κ1) is 19.9. The Kier molecular flexibility index (Phi) is 5.51. The van der Waals surface area contributed by atoms with Crippen molar-refractivity contribution < 1.29 is 9.53 Å². The second kappa shape index (κ2) is 8.60. The molecular weight excluding hydrogens is 404 g/mol. The van der Waals surface area contributed by atoms with Gasteiger partial charge >= 0.3 is 0 Å². The van der Waals surface area contributed by atoms with Crippen molar-refractivity contribution in [1.82, 2.24) is 5.32 Å². The SMILES string of the molecule is COc1ccccc1C1=Nc2cc(C(=O)NC3CCCC3)ccc2Sc2ccccc21. The van der Waals surface area contributed by atoms with Crippen molar-refractivity contribution in [3.63, 3.8) is 0 Å². The maximum atomic E-state index is 12.9. The zero-order valence-corrected chi connectivity index (χ0v) is 18.2. The molecule has 1 amide bonds. The van der Waals surface area contributed by atoms with Gasteiger partial charge in [-0.15, -0.1) is 0 Å². The van der Waals surface area contributed by atoms with E-state index in [1.54, 1.807) is 18.9 Å². The minimum atomic E-state index is -0.0181. The topological polar surface area (TPSA) is 50.7 Å². The van der Waals surface area contributed by atoms with Gasteiger partial charge < -0.3 is 10.1 Å². The molecule has 3 aromatic carbocycles. The summed E-state index contributed by atoms with van der Waals surface area (Å²) in [6.07, 6.45) is 4.52. The van der Waals surface area contributed by atoms with Crippen LogP contribution in [-0.4, -0.2) is 24.8 Å². The molecular formula is C26H24N2O2S. The third-order valence-electron chi connectivity index (χ3n) is 5.87. The number of hydrogen-bond acceptors (Lipinski definition) is 4. The maximum Gasteiger partial charge on any atom is 0.251 e. The van der Waals surface area contributed by atoms with E-state index in [1.165, 1.54) is 12.8 Å². The number of carbonyl (C=O) groups is 1. The van der Waals surface area contributed by atoms with Gasteiger partial charge in [-0.3, -0.25) is 4.79 Å². The molecule has 1 saturated carbocycles. The molecule has 2 aliphatic rings. The third-order valence-corrected chi connectivity index (χ3v) is 7.01. The van der Waals surface area contributed by atoms with E-state index in [1.807, 2.05) is 54.6 Å². The number of nitrogens with one attached hydrogen (secondary N) is 1. The number of rotatable bonds is 4. The number of para-hydroxylation sites is 1. The third kappa shape index (κ3) is 3.98. The normalized spacial score (nSPS) is 15.5. The lowest BCUT2D eigenvalue weighted by Crippen LogP contribution is -2.32. The molecule has 3 aromatic rings. The second-order valence-electron chi connectivity index (χ2n) is 7.90. The van der Waals surface area contributed by atoms with Crippen LogP contribution in [0, 0.1) is 0 Å². The molecule has 0 unspecified atom stereocenters. The summed E-state index contributed by atoms with van der Waals surface area (Å²) in [5, 5.41) is 3.18. The monoisotopic (exact) mass is 428 g/mol. The van der Waals surface area contributed by atoms with Gasteiger partial charge in [0.15, 0.2) is 0 Å². The molecule has 1 heterocycles. The molecule has 1 fully saturated rings. The van der Waals surface area contributed by atoms with E-state index in [9.17, 15) is 4.79 Å². The Morgan fingerprint density at radius 3 is 2.52 bits per heavy atom. The molecule has 0 radical (unpaired) electrons. The fourth-order valence-electron chi connectivity index (χ4n) is 4.27. The average Bonchev–Trinajstić information content (AvgIpc) is 3.25. The molecule has 5 heteroatoms. The number of carbonyl (C=O) groups excluding carboxylic acids is 1. The first-order chi connectivity index (χ1) is 15.2. The lowest BCUT2D eigenvalue weighted by atomic mass is 10.0. The molecule has 0 bridgehead atoms. The van der Waals surface area contributed by atoms with Crippen LogP contribution in [0.3, 0.4) is 0 Å². The van der Waals surface area contributed by atoms with Crippen LogP contribution in [0.4, 0.5) is 5.69 Å². The molecule has 0 aromatic heterocycles. The molecule has 4 nitrogen and oxygen atoms in total. The van der Waals surface area contributed by atoms with E-state index >= 15 is 0 Å². The quantitative estimate of drug-likeness (QED) is 0.434. The van der Waals surface area contributed by atoms with Gasteiger partial charge in [-0.25, -0.2) is 4.99 Å². The van der Waals surface area contributed by atoms with E-state index in [-0.39, 0.29) is 11.9 Å². The zero-order chi connectivity index (χ0) is 21.2. The van der Waals surface area contributed by atoms with Gasteiger partial charge in [-0.1, -0.05) is 54.9 Å². The molecule has 31 heavy (non-hydrogen) atoms. The summed E-state index contributed by atoms with van der Waals surface area (Å²) >= 11 is 1.68. The average molecular weight is 429 g/mol. The van der Waals surface area contributed by atoms with Crippen LogP contribution < -0.4 is 10.1 Å². The number of hydrogen-bond donors (Lipinski definition) is 1. The van der Waals surface area contributed by atoms with Crippen LogP contribution in [0.5, 0.6) is 5.75 Å². The summed E-state index contributed by atoms with van der Waals surface area (Å²) in [5.41, 5.74) is 4.31. The van der Waals surface area contributed by atoms with Crippen molar-refractivity contribution in [2.75, 3.05) is 7.11 Å². The van der Waals surface area contributed by atoms with Gasteiger partial charge in [0.05, 0.1) is 18.5 Å². The number of nitrogens with zero attached hydrogens (tertiary/aromatic N) is 1. The van der Waals surface area contributed by atoms with Crippen molar-refractivity contribution in [1.29, 1.82) is 0 Å². The highest BCUT2D eigenvalue weighted by molar-refractivity contribution is 7.99. The fraction of sp³-hybridized carbons (Fsp3) is 0.231. The number of fused-ring (bicyclic) bond motifs is 2. The Labute approximate surface area is 186 Å². The van der Waals surface area contributed by atoms with Crippen LogP contribution in [0.25, 0.3) is 0 Å². The molecule has 0 saturated heterocycles. The van der Waals surface area contributed by atoms with Gasteiger partial charge in [0.1, 0.15) is 5.75 Å². The highest BCUT2D eigenvalue weighted by Gasteiger charge is 2.23. The Bertz CT molecular complexity index is 1170. The van der Waals surface area contributed by atoms with Crippen LogP contribution in [0.2, 0.25) is 0 Å². The molecule has 0 atom stereocenters.